The third kappa shape index (κ3) is 28.3. The summed E-state index contributed by atoms with van der Waals surface area (Å²) in [7, 11) is -5.01. The second-order valence-electron chi connectivity index (χ2n) is 16.3. The lowest BCUT2D eigenvalue weighted by Gasteiger charge is -2.41. The lowest BCUT2D eigenvalue weighted by molar-refractivity contribution is -0.220. The highest BCUT2D eigenvalue weighted by molar-refractivity contribution is 7.47. The van der Waals surface area contributed by atoms with Crippen LogP contribution >= 0.6 is 7.82 Å². The van der Waals surface area contributed by atoms with Gasteiger partial charge in [-0.3, -0.25) is 13.8 Å². The van der Waals surface area contributed by atoms with Crippen molar-refractivity contribution in [3.05, 3.63) is 12.2 Å². The molecule has 1 aliphatic rings. The van der Waals surface area contributed by atoms with Crippen LogP contribution in [0.5, 0.6) is 0 Å². The number of ether oxygens (including phenoxy) is 2. The number of aliphatic hydroxyl groups is 5. The summed E-state index contributed by atoms with van der Waals surface area (Å²) in [5, 5.41) is 50.1. The Morgan fingerprint density at radius 1 is 0.544 bits per heavy atom. The maximum absolute atomic E-state index is 12.8. The van der Waals surface area contributed by atoms with E-state index in [0.29, 0.717) is 13.0 Å². The normalized spacial score (nSPS) is 22.9. The third-order valence-electron chi connectivity index (χ3n) is 10.9. The molecule has 13 heteroatoms. The van der Waals surface area contributed by atoms with Gasteiger partial charge in [-0.15, -0.1) is 0 Å². The minimum Gasteiger partial charge on any atom is -0.457 e. The molecule has 6 N–H and O–H groups in total. The average Bonchev–Trinajstić information content (AvgIpc) is 3.19. The van der Waals surface area contributed by atoms with E-state index in [-0.39, 0.29) is 13.0 Å². The van der Waals surface area contributed by atoms with E-state index in [2.05, 4.69) is 26.0 Å². The zero-order chi connectivity index (χ0) is 42.0. The largest absolute Gasteiger partial charge is 0.472 e. The van der Waals surface area contributed by atoms with Gasteiger partial charge in [0.2, 0.25) is 0 Å². The van der Waals surface area contributed by atoms with Crippen LogP contribution in [0.3, 0.4) is 0 Å². The SMILES string of the molecule is CCCCCCCC/C=C\CCCCCCCCOCC(COP(=O)(O)OC1C(O)C(O)C(O)C(O)C1O)OC(=O)CCCCCCCCCCCCCCCC. The standard InChI is InChI=1S/C44H85O12P/c1-3-5-7-9-11-13-15-17-19-20-22-24-26-28-30-32-34-53-35-37(36-54-57(51,52)56-44-42(49)40(47)39(46)41(48)43(44)50)55-38(45)33-31-29-27-25-23-21-18-16-14-12-10-8-6-4-2/h17,19,37,39-44,46-50H,3-16,18,20-36H2,1-2H3,(H,51,52)/b19-17-. The van der Waals surface area contributed by atoms with E-state index in [0.717, 1.165) is 51.4 Å². The quantitative estimate of drug-likeness (QED) is 0.0149. The summed E-state index contributed by atoms with van der Waals surface area (Å²) in [4.78, 5) is 23.1. The van der Waals surface area contributed by atoms with Crippen LogP contribution in [0.15, 0.2) is 12.2 Å². The van der Waals surface area contributed by atoms with Crippen LogP contribution in [0.2, 0.25) is 0 Å². The van der Waals surface area contributed by atoms with E-state index in [4.69, 9.17) is 18.5 Å². The van der Waals surface area contributed by atoms with Crippen LogP contribution in [0.1, 0.15) is 200 Å². The topological polar surface area (TPSA) is 192 Å². The molecular formula is C44H85O12P. The first-order valence-corrected chi connectivity index (χ1v) is 24.5. The smallest absolute Gasteiger partial charge is 0.457 e. The summed E-state index contributed by atoms with van der Waals surface area (Å²) in [5.41, 5.74) is 0. The van der Waals surface area contributed by atoms with Gasteiger partial charge < -0.3 is 39.9 Å². The fraction of sp³-hybridized carbons (Fsp3) is 0.932. The number of carbonyl (C=O) groups excluding carboxylic acids is 1. The van der Waals surface area contributed by atoms with Crippen molar-refractivity contribution in [2.75, 3.05) is 19.8 Å². The first kappa shape index (κ1) is 54.1. The van der Waals surface area contributed by atoms with Gasteiger partial charge in [0.15, 0.2) is 0 Å². The van der Waals surface area contributed by atoms with Gasteiger partial charge in [0.25, 0.3) is 0 Å². The monoisotopic (exact) mass is 837 g/mol. The number of phosphoric ester groups is 1. The van der Waals surface area contributed by atoms with Gasteiger partial charge in [-0.05, 0) is 38.5 Å². The van der Waals surface area contributed by atoms with Crippen LogP contribution in [-0.2, 0) is 27.9 Å². The highest BCUT2D eigenvalue weighted by atomic mass is 31.2. The first-order chi connectivity index (χ1) is 27.5. The second kappa shape index (κ2) is 35.8. The fourth-order valence-corrected chi connectivity index (χ4v) is 8.15. The summed E-state index contributed by atoms with van der Waals surface area (Å²) < 4.78 is 34.2. The predicted molar refractivity (Wildman–Crippen MR) is 226 cm³/mol. The molecule has 0 aromatic heterocycles. The molecule has 0 radical (unpaired) electrons. The molecule has 0 heterocycles. The zero-order valence-electron chi connectivity index (χ0n) is 35.9. The Kier molecular flexibility index (Phi) is 34.0. The lowest BCUT2D eigenvalue weighted by Crippen LogP contribution is -2.64. The van der Waals surface area contributed by atoms with Gasteiger partial charge in [-0.1, -0.05) is 167 Å². The van der Waals surface area contributed by atoms with Crippen molar-refractivity contribution in [2.45, 2.75) is 243 Å². The minimum absolute atomic E-state index is 0.0755. The summed E-state index contributed by atoms with van der Waals surface area (Å²) in [5.74, 6) is -0.476. The number of aliphatic hydroxyl groups excluding tert-OH is 5. The Labute approximate surface area is 346 Å². The molecule has 57 heavy (non-hydrogen) atoms. The number of hydrogen-bond acceptors (Lipinski definition) is 11. The molecule has 0 aromatic rings. The highest BCUT2D eigenvalue weighted by Crippen LogP contribution is 2.47. The molecule has 1 aliphatic carbocycles. The Morgan fingerprint density at radius 3 is 1.39 bits per heavy atom. The van der Waals surface area contributed by atoms with Gasteiger partial charge in [-0.2, -0.15) is 0 Å². The van der Waals surface area contributed by atoms with Gasteiger partial charge in [0.05, 0.1) is 13.2 Å². The van der Waals surface area contributed by atoms with E-state index in [9.17, 15) is 39.8 Å². The average molecular weight is 837 g/mol. The van der Waals surface area contributed by atoms with E-state index in [1.165, 1.54) is 122 Å². The molecule has 1 rings (SSSR count). The predicted octanol–water partition coefficient (Wildman–Crippen LogP) is 9.14. The maximum atomic E-state index is 12.8. The van der Waals surface area contributed by atoms with Gasteiger partial charge in [0.1, 0.15) is 42.7 Å². The molecule has 0 bridgehead atoms. The van der Waals surface area contributed by atoms with E-state index < -0.39 is 63.1 Å². The van der Waals surface area contributed by atoms with Crippen LogP contribution in [-0.4, -0.2) is 98.9 Å². The molecule has 6 atom stereocenters. The Balaban J connectivity index is 2.40. The Hall–Kier alpha value is -0.920. The zero-order valence-corrected chi connectivity index (χ0v) is 36.8. The van der Waals surface area contributed by atoms with E-state index in [1.54, 1.807) is 0 Å². The fourth-order valence-electron chi connectivity index (χ4n) is 7.17. The number of esters is 1. The van der Waals surface area contributed by atoms with Crippen molar-refractivity contribution >= 4 is 13.8 Å². The molecule has 0 aliphatic heterocycles. The summed E-state index contributed by atoms with van der Waals surface area (Å²) in [6, 6.07) is 0. The molecule has 1 saturated carbocycles. The molecule has 6 unspecified atom stereocenters. The van der Waals surface area contributed by atoms with Gasteiger partial charge in [0, 0.05) is 13.0 Å². The minimum atomic E-state index is -5.01. The summed E-state index contributed by atoms with van der Waals surface area (Å²) >= 11 is 0. The van der Waals surface area contributed by atoms with Crippen molar-refractivity contribution in [1.82, 2.24) is 0 Å². The van der Waals surface area contributed by atoms with Crippen molar-refractivity contribution in [3.8, 4) is 0 Å². The van der Waals surface area contributed by atoms with E-state index >= 15 is 0 Å². The molecule has 0 saturated heterocycles. The molecule has 1 fully saturated rings. The summed E-state index contributed by atoms with van der Waals surface area (Å²) in [6.45, 7) is 4.26. The van der Waals surface area contributed by atoms with Crippen LogP contribution < -0.4 is 0 Å². The van der Waals surface area contributed by atoms with E-state index in [1.807, 2.05) is 0 Å². The van der Waals surface area contributed by atoms with Crippen molar-refractivity contribution in [2.24, 2.45) is 0 Å². The van der Waals surface area contributed by atoms with Gasteiger partial charge in [-0.25, -0.2) is 4.57 Å². The molecule has 12 nitrogen and oxygen atoms in total. The summed E-state index contributed by atoms with van der Waals surface area (Å²) in [6.07, 6.45) is 25.6. The molecule has 0 amide bonds. The highest BCUT2D eigenvalue weighted by Gasteiger charge is 2.51. The molecule has 0 spiro atoms. The van der Waals surface area contributed by atoms with Gasteiger partial charge >= 0.3 is 13.8 Å². The molecule has 0 aromatic carbocycles. The van der Waals surface area contributed by atoms with Crippen molar-refractivity contribution in [3.63, 3.8) is 0 Å². The number of allylic oxidation sites excluding steroid dienone is 2. The molecule has 338 valence electrons. The molecular weight excluding hydrogens is 751 g/mol. The van der Waals surface area contributed by atoms with Crippen molar-refractivity contribution < 1.29 is 58.3 Å². The third-order valence-corrected chi connectivity index (χ3v) is 11.9. The van der Waals surface area contributed by atoms with Crippen LogP contribution in [0.4, 0.5) is 0 Å². The first-order valence-electron chi connectivity index (χ1n) is 23.0. The van der Waals surface area contributed by atoms with Crippen LogP contribution in [0.25, 0.3) is 0 Å². The number of carbonyl (C=O) groups is 1. The number of unbranched alkanes of at least 4 members (excludes halogenated alkanes) is 25. The number of hydrogen-bond donors (Lipinski definition) is 6. The Bertz CT molecular complexity index is 1000. The van der Waals surface area contributed by atoms with Crippen LogP contribution in [0, 0.1) is 0 Å². The maximum Gasteiger partial charge on any atom is 0.472 e. The second-order valence-corrected chi connectivity index (χ2v) is 17.7. The lowest BCUT2D eigenvalue weighted by atomic mass is 9.85. The number of rotatable bonds is 39. The Morgan fingerprint density at radius 2 is 0.930 bits per heavy atom. The van der Waals surface area contributed by atoms with Crippen molar-refractivity contribution in [1.29, 1.82) is 0 Å². The number of phosphoric acid groups is 1.